The van der Waals surface area contributed by atoms with Gasteiger partial charge in [0.25, 0.3) is 0 Å². The average molecular weight is 362 g/mol. The second-order valence-corrected chi connectivity index (χ2v) is 5.76. The Morgan fingerprint density at radius 2 is 1.92 bits per heavy atom. The van der Waals surface area contributed by atoms with Crippen molar-refractivity contribution in [1.82, 2.24) is 9.97 Å². The van der Waals surface area contributed by atoms with Crippen molar-refractivity contribution in [2.75, 3.05) is 18.0 Å². The number of hydrogen-bond acceptors (Lipinski definition) is 7. The molecule has 1 aliphatic heterocycles. The number of rotatable bonds is 5. The summed E-state index contributed by atoms with van der Waals surface area (Å²) in [4.78, 5) is 31.5. The van der Waals surface area contributed by atoms with Crippen molar-refractivity contribution < 1.29 is 24.0 Å². The van der Waals surface area contributed by atoms with Crippen LogP contribution in [-0.4, -0.2) is 39.1 Å². The minimum atomic E-state index is -0.873. The van der Waals surface area contributed by atoms with Gasteiger partial charge in [0.2, 0.25) is 5.82 Å². The lowest BCUT2D eigenvalue weighted by molar-refractivity contribution is -0.385. The molecule has 0 unspecified atom stereocenters. The number of nitrogens with zero attached hydrogens (tertiary/aromatic N) is 4. The number of halogens is 1. The van der Waals surface area contributed by atoms with Crippen LogP contribution < -0.4 is 9.64 Å². The number of carbonyl (C=O) groups is 1. The topological polar surface area (TPSA) is 119 Å². The molecule has 1 aromatic heterocycles. The molecule has 1 aromatic carbocycles. The number of hydrogen-bond donors (Lipinski definition) is 1. The Hall–Kier alpha value is -3.30. The molecule has 9 nitrogen and oxygen atoms in total. The standard InChI is InChI=1S/C16H15FN4O5/c17-11-1-3-12(4-2-11)26-15-13(21(24)25)14(18-9-19-15)20-7-5-10(6-8-20)16(22)23/h1-4,9-10H,5-8H2,(H,22,23). The third-order valence-electron chi connectivity index (χ3n) is 4.12. The number of carboxylic acid groups (broad SMARTS) is 1. The fourth-order valence-electron chi connectivity index (χ4n) is 2.77. The number of nitro groups is 1. The number of anilines is 1. The van der Waals surface area contributed by atoms with E-state index in [4.69, 9.17) is 9.84 Å². The highest BCUT2D eigenvalue weighted by atomic mass is 19.1. The molecular weight excluding hydrogens is 347 g/mol. The van der Waals surface area contributed by atoms with Gasteiger partial charge in [0, 0.05) is 13.1 Å². The van der Waals surface area contributed by atoms with Crippen LogP contribution in [0.1, 0.15) is 12.8 Å². The van der Waals surface area contributed by atoms with Crippen LogP contribution in [0.2, 0.25) is 0 Å². The second-order valence-electron chi connectivity index (χ2n) is 5.76. The van der Waals surface area contributed by atoms with Crippen molar-refractivity contribution in [1.29, 1.82) is 0 Å². The predicted octanol–water partition coefficient (Wildman–Crippen LogP) is 2.62. The molecule has 0 radical (unpaired) electrons. The monoisotopic (exact) mass is 362 g/mol. The van der Waals surface area contributed by atoms with Crippen LogP contribution in [0.3, 0.4) is 0 Å². The van der Waals surface area contributed by atoms with Gasteiger partial charge in [-0.3, -0.25) is 14.9 Å². The quantitative estimate of drug-likeness (QED) is 0.637. The highest BCUT2D eigenvalue weighted by Gasteiger charge is 2.32. The van der Waals surface area contributed by atoms with Gasteiger partial charge >= 0.3 is 17.5 Å². The van der Waals surface area contributed by atoms with Gasteiger partial charge in [0.1, 0.15) is 17.9 Å². The van der Waals surface area contributed by atoms with Crippen LogP contribution in [0.15, 0.2) is 30.6 Å². The SMILES string of the molecule is O=C(O)C1CCN(c2ncnc(Oc3ccc(F)cc3)c2[N+](=O)[O-])CC1. The first-order valence-electron chi connectivity index (χ1n) is 7.86. The van der Waals surface area contributed by atoms with Gasteiger partial charge < -0.3 is 14.7 Å². The summed E-state index contributed by atoms with van der Waals surface area (Å²) in [5, 5.41) is 20.6. The number of benzene rings is 1. The van der Waals surface area contributed by atoms with Crippen LogP contribution in [0.5, 0.6) is 11.6 Å². The molecule has 2 aromatic rings. The molecule has 3 rings (SSSR count). The summed E-state index contributed by atoms with van der Waals surface area (Å²) in [6.45, 7) is 0.648. The maximum absolute atomic E-state index is 13.0. The van der Waals surface area contributed by atoms with E-state index >= 15 is 0 Å². The first-order valence-corrected chi connectivity index (χ1v) is 7.86. The lowest BCUT2D eigenvalue weighted by atomic mass is 9.97. The lowest BCUT2D eigenvalue weighted by Crippen LogP contribution is -2.37. The van der Waals surface area contributed by atoms with Crippen molar-refractivity contribution in [2.24, 2.45) is 5.92 Å². The van der Waals surface area contributed by atoms with E-state index in [1.807, 2.05) is 0 Å². The van der Waals surface area contributed by atoms with Crippen LogP contribution in [-0.2, 0) is 4.79 Å². The fourth-order valence-corrected chi connectivity index (χ4v) is 2.77. The Labute approximate surface area is 147 Å². The van der Waals surface area contributed by atoms with E-state index < -0.39 is 28.3 Å². The zero-order valence-corrected chi connectivity index (χ0v) is 13.5. The summed E-state index contributed by atoms with van der Waals surface area (Å²) in [5.74, 6) is -1.79. The third kappa shape index (κ3) is 3.68. The van der Waals surface area contributed by atoms with Crippen molar-refractivity contribution in [3.8, 4) is 11.6 Å². The molecule has 0 spiro atoms. The predicted molar refractivity (Wildman–Crippen MR) is 87.7 cm³/mol. The Morgan fingerprint density at radius 1 is 1.27 bits per heavy atom. The summed E-state index contributed by atoms with van der Waals surface area (Å²) in [6, 6.07) is 5.00. The summed E-state index contributed by atoms with van der Waals surface area (Å²) in [5.41, 5.74) is -0.411. The molecule has 0 saturated carbocycles. The average Bonchev–Trinajstić information content (AvgIpc) is 2.63. The van der Waals surface area contributed by atoms with Gasteiger partial charge in [-0.1, -0.05) is 0 Å². The number of ether oxygens (including phenoxy) is 1. The maximum atomic E-state index is 13.0. The van der Waals surface area contributed by atoms with Crippen LogP contribution in [0.25, 0.3) is 0 Å². The lowest BCUT2D eigenvalue weighted by Gasteiger charge is -2.30. The molecule has 1 N–H and O–H groups in total. The van der Waals surface area contributed by atoms with Gasteiger partial charge in [-0.2, -0.15) is 4.98 Å². The summed E-state index contributed by atoms with van der Waals surface area (Å²) in [6.07, 6.45) is 1.87. The van der Waals surface area contributed by atoms with E-state index in [0.717, 1.165) is 6.33 Å². The van der Waals surface area contributed by atoms with Crippen LogP contribution in [0.4, 0.5) is 15.9 Å². The van der Waals surface area contributed by atoms with E-state index in [1.54, 1.807) is 4.90 Å². The molecule has 0 amide bonds. The molecule has 10 heteroatoms. The van der Waals surface area contributed by atoms with Crippen molar-refractivity contribution in [3.63, 3.8) is 0 Å². The molecular formula is C16H15FN4O5. The van der Waals surface area contributed by atoms with E-state index in [0.29, 0.717) is 25.9 Å². The van der Waals surface area contributed by atoms with Gasteiger partial charge in [0.15, 0.2) is 0 Å². The Bertz CT molecular complexity index is 822. The molecule has 26 heavy (non-hydrogen) atoms. The summed E-state index contributed by atoms with van der Waals surface area (Å²) < 4.78 is 18.4. The number of aliphatic carboxylic acids is 1. The van der Waals surface area contributed by atoms with E-state index in [2.05, 4.69) is 9.97 Å². The summed E-state index contributed by atoms with van der Waals surface area (Å²) >= 11 is 0. The number of aromatic nitrogens is 2. The normalized spacial score (nSPS) is 14.9. The highest BCUT2D eigenvalue weighted by molar-refractivity contribution is 5.71. The minimum Gasteiger partial charge on any atom is -0.481 e. The Morgan fingerprint density at radius 3 is 2.50 bits per heavy atom. The Balaban J connectivity index is 1.88. The maximum Gasteiger partial charge on any atom is 0.373 e. The largest absolute Gasteiger partial charge is 0.481 e. The molecule has 1 fully saturated rings. The number of piperidine rings is 1. The van der Waals surface area contributed by atoms with Crippen molar-refractivity contribution in [3.05, 3.63) is 46.5 Å². The molecule has 1 saturated heterocycles. The molecule has 136 valence electrons. The Kier molecular flexibility index (Phi) is 4.92. The van der Waals surface area contributed by atoms with E-state index in [1.165, 1.54) is 24.3 Å². The van der Waals surface area contributed by atoms with Gasteiger partial charge in [-0.15, -0.1) is 0 Å². The highest BCUT2D eigenvalue weighted by Crippen LogP contribution is 2.37. The molecule has 1 aliphatic rings. The van der Waals surface area contributed by atoms with Gasteiger partial charge in [-0.05, 0) is 37.1 Å². The first-order chi connectivity index (χ1) is 12.5. The van der Waals surface area contributed by atoms with Crippen LogP contribution >= 0.6 is 0 Å². The van der Waals surface area contributed by atoms with Crippen molar-refractivity contribution in [2.45, 2.75) is 12.8 Å². The van der Waals surface area contributed by atoms with E-state index in [9.17, 15) is 19.3 Å². The van der Waals surface area contributed by atoms with Crippen LogP contribution in [0, 0.1) is 21.8 Å². The zero-order chi connectivity index (χ0) is 18.7. The zero-order valence-electron chi connectivity index (χ0n) is 13.5. The molecule has 2 heterocycles. The molecule has 0 atom stereocenters. The molecule has 0 aliphatic carbocycles. The fraction of sp³-hybridized carbons (Fsp3) is 0.312. The molecule has 0 bridgehead atoms. The second kappa shape index (κ2) is 7.30. The van der Waals surface area contributed by atoms with E-state index in [-0.39, 0.29) is 17.4 Å². The summed E-state index contributed by atoms with van der Waals surface area (Å²) in [7, 11) is 0. The van der Waals surface area contributed by atoms with Crippen molar-refractivity contribution >= 4 is 17.5 Å². The smallest absolute Gasteiger partial charge is 0.373 e. The van der Waals surface area contributed by atoms with Gasteiger partial charge in [0.05, 0.1) is 10.8 Å². The first kappa shape index (κ1) is 17.5. The third-order valence-corrected chi connectivity index (χ3v) is 4.12. The minimum absolute atomic E-state index is 0.0750. The van der Waals surface area contributed by atoms with Gasteiger partial charge in [-0.25, -0.2) is 9.37 Å². The number of carboxylic acids is 1.